The molecule has 0 radical (unpaired) electrons. The third-order valence-corrected chi connectivity index (χ3v) is 5.23. The highest BCUT2D eigenvalue weighted by molar-refractivity contribution is 6.00. The number of amidine groups is 1. The number of rotatable bonds is 6. The van der Waals surface area contributed by atoms with E-state index >= 15 is 0 Å². The fraction of sp³-hybridized carbons (Fsp3) is 0.304. The van der Waals surface area contributed by atoms with E-state index in [1.807, 2.05) is 12.1 Å². The summed E-state index contributed by atoms with van der Waals surface area (Å²) in [6.07, 6.45) is 2.42. The Bertz CT molecular complexity index is 1170. The summed E-state index contributed by atoms with van der Waals surface area (Å²) in [7, 11) is 0. The Kier molecular flexibility index (Phi) is 6.82. The fourth-order valence-corrected chi connectivity index (χ4v) is 3.37. The number of ether oxygens (including phenoxy) is 2. The third-order valence-electron chi connectivity index (χ3n) is 5.23. The molecule has 0 unspecified atom stereocenters. The van der Waals surface area contributed by atoms with Crippen LogP contribution < -0.4 is 31.3 Å². The molecule has 12 heteroatoms. The minimum absolute atomic E-state index is 0.121. The summed E-state index contributed by atoms with van der Waals surface area (Å²) in [5.74, 6) is 0.376. The second-order valence-electron chi connectivity index (χ2n) is 8.29. The van der Waals surface area contributed by atoms with Gasteiger partial charge in [-0.05, 0) is 38.1 Å². The van der Waals surface area contributed by atoms with Crippen LogP contribution in [-0.4, -0.2) is 53.6 Å². The summed E-state index contributed by atoms with van der Waals surface area (Å²) in [6, 6.07) is 6.85. The van der Waals surface area contributed by atoms with E-state index in [-0.39, 0.29) is 29.2 Å². The average molecular weight is 483 g/mol. The molecule has 1 fully saturated rings. The number of aromatic nitrogens is 2. The summed E-state index contributed by atoms with van der Waals surface area (Å²) >= 11 is 0. The van der Waals surface area contributed by atoms with Gasteiger partial charge in [0.25, 0.3) is 5.91 Å². The van der Waals surface area contributed by atoms with Crippen LogP contribution >= 0.6 is 0 Å². The van der Waals surface area contributed by atoms with Crippen LogP contribution in [0, 0.1) is 0 Å². The van der Waals surface area contributed by atoms with Crippen LogP contribution in [-0.2, 0) is 9.53 Å². The lowest BCUT2D eigenvalue weighted by Crippen LogP contribution is -2.45. The number of morpholine rings is 1. The van der Waals surface area contributed by atoms with Gasteiger partial charge in [0.05, 0.1) is 25.1 Å². The van der Waals surface area contributed by atoms with Crippen molar-refractivity contribution >= 4 is 34.9 Å². The first-order valence-electron chi connectivity index (χ1n) is 10.9. The predicted octanol–water partition coefficient (Wildman–Crippen LogP) is 2.40. The van der Waals surface area contributed by atoms with Crippen molar-refractivity contribution < 1.29 is 18.7 Å². The van der Waals surface area contributed by atoms with Gasteiger partial charge in [-0.2, -0.15) is 0 Å². The van der Waals surface area contributed by atoms with Crippen molar-refractivity contribution in [2.24, 2.45) is 10.7 Å². The zero-order valence-electron chi connectivity index (χ0n) is 19.5. The Labute approximate surface area is 201 Å². The number of nitrogens with zero attached hydrogens (tertiary/aromatic N) is 4. The largest absolute Gasteiger partial charge is 0.474 e. The van der Waals surface area contributed by atoms with Crippen LogP contribution in [0.25, 0.3) is 0 Å². The highest BCUT2D eigenvalue weighted by Gasteiger charge is 2.36. The van der Waals surface area contributed by atoms with Gasteiger partial charge in [-0.15, -0.1) is 0 Å². The van der Waals surface area contributed by atoms with E-state index in [2.05, 4.69) is 42.4 Å². The average Bonchev–Trinajstić information content (AvgIpc) is 2.85. The molecule has 2 aliphatic heterocycles. The molecule has 4 rings (SSSR count). The Morgan fingerprint density at radius 1 is 1.31 bits per heavy atom. The lowest BCUT2D eigenvalue weighted by Gasteiger charge is -2.30. The number of amides is 1. The number of carbonyl (C=O) groups excluding carboxylic acids is 1. The first-order chi connectivity index (χ1) is 16.7. The van der Waals surface area contributed by atoms with E-state index in [1.54, 1.807) is 26.1 Å². The van der Waals surface area contributed by atoms with Gasteiger partial charge in [0.2, 0.25) is 0 Å². The molecule has 0 spiro atoms. The molecule has 2 aromatic heterocycles. The quantitative estimate of drug-likeness (QED) is 0.361. The fourth-order valence-electron chi connectivity index (χ4n) is 3.37. The Hall–Kier alpha value is -4.19. The molecule has 0 aliphatic carbocycles. The number of aliphatic imine (C=N–C) groups is 1. The van der Waals surface area contributed by atoms with Crippen molar-refractivity contribution in [2.45, 2.75) is 19.4 Å². The monoisotopic (exact) mass is 482 g/mol. The zero-order chi connectivity index (χ0) is 25.0. The van der Waals surface area contributed by atoms with Crippen molar-refractivity contribution in [3.05, 3.63) is 54.9 Å². The van der Waals surface area contributed by atoms with Crippen molar-refractivity contribution in [3.8, 4) is 5.75 Å². The molecule has 2 aliphatic rings. The van der Waals surface area contributed by atoms with E-state index in [4.69, 9.17) is 15.2 Å². The van der Waals surface area contributed by atoms with E-state index in [9.17, 15) is 9.18 Å². The van der Waals surface area contributed by atoms with Gasteiger partial charge in [-0.25, -0.2) is 19.4 Å². The molecule has 1 saturated heterocycles. The number of nitrogens with two attached hydrogens (primary N) is 1. The molecule has 0 bridgehead atoms. The number of carbonyl (C=O) groups is 1. The Balaban J connectivity index is 1.46. The standard InChI is InChI=1S/C23H27FN8O3/c1-14(27-15-4-7-19(26-13-15)32-8-10-34-11-9-32)28-20(16(24)12-25)29-18-6-5-17-21(30-18)31-22(33)23(2,3)35-17/h4-7,12-13,27H,1,8-11,25H2,2-3H3,(H2,28,29,30,31,33)/b16-12+. The molecular formula is C23H27FN8O3. The maximum atomic E-state index is 14.5. The number of pyridine rings is 2. The van der Waals surface area contributed by atoms with Gasteiger partial charge in [0.1, 0.15) is 11.6 Å². The molecule has 35 heavy (non-hydrogen) atoms. The van der Waals surface area contributed by atoms with Crippen molar-refractivity contribution in [1.82, 2.24) is 15.3 Å². The summed E-state index contributed by atoms with van der Waals surface area (Å²) < 4.78 is 25.5. The van der Waals surface area contributed by atoms with E-state index in [0.29, 0.717) is 24.7 Å². The molecule has 2 aromatic rings. The zero-order valence-corrected chi connectivity index (χ0v) is 19.5. The molecular weight excluding hydrogens is 455 g/mol. The predicted molar refractivity (Wildman–Crippen MR) is 131 cm³/mol. The smallest absolute Gasteiger partial charge is 0.269 e. The first kappa shape index (κ1) is 24.0. The third kappa shape index (κ3) is 5.66. The number of nitrogens with one attached hydrogen (secondary N) is 3. The van der Waals surface area contributed by atoms with Gasteiger partial charge in [-0.1, -0.05) is 6.58 Å². The molecule has 4 heterocycles. The van der Waals surface area contributed by atoms with Crippen LogP contribution in [0.1, 0.15) is 13.8 Å². The second kappa shape index (κ2) is 9.97. The van der Waals surface area contributed by atoms with Crippen molar-refractivity contribution in [2.75, 3.05) is 41.8 Å². The summed E-state index contributed by atoms with van der Waals surface area (Å²) in [5.41, 5.74) is 4.99. The summed E-state index contributed by atoms with van der Waals surface area (Å²) in [4.78, 5) is 27.2. The van der Waals surface area contributed by atoms with Gasteiger partial charge >= 0.3 is 0 Å². The van der Waals surface area contributed by atoms with Gasteiger partial charge < -0.3 is 36.1 Å². The molecule has 0 saturated carbocycles. The topological polar surface area (TPSA) is 139 Å². The Morgan fingerprint density at radius 3 is 2.77 bits per heavy atom. The maximum absolute atomic E-state index is 14.5. The maximum Gasteiger partial charge on any atom is 0.269 e. The van der Waals surface area contributed by atoms with Crippen molar-refractivity contribution in [1.29, 1.82) is 0 Å². The van der Waals surface area contributed by atoms with Gasteiger partial charge in [-0.3, -0.25) is 4.79 Å². The van der Waals surface area contributed by atoms with Crippen molar-refractivity contribution in [3.63, 3.8) is 0 Å². The number of anilines is 3. The molecule has 0 atom stereocenters. The highest BCUT2D eigenvalue weighted by atomic mass is 19.1. The molecule has 184 valence electrons. The number of halogens is 1. The van der Waals surface area contributed by atoms with E-state index < -0.39 is 11.4 Å². The molecule has 0 aromatic carbocycles. The normalized spacial score (nSPS) is 17.7. The minimum Gasteiger partial charge on any atom is -0.474 e. The number of hydrogen-bond donors (Lipinski definition) is 4. The van der Waals surface area contributed by atoms with Gasteiger partial charge in [0.15, 0.2) is 34.6 Å². The minimum atomic E-state index is -1.03. The lowest BCUT2D eigenvalue weighted by molar-refractivity contribution is -0.129. The lowest BCUT2D eigenvalue weighted by atomic mass is 10.1. The molecule has 11 nitrogen and oxygen atoms in total. The summed E-state index contributed by atoms with van der Waals surface area (Å²) in [5, 5.41) is 8.42. The van der Waals surface area contributed by atoms with Gasteiger partial charge in [0, 0.05) is 19.3 Å². The number of fused-ring (bicyclic) bond motifs is 1. The van der Waals surface area contributed by atoms with E-state index in [1.165, 1.54) is 6.07 Å². The Morgan fingerprint density at radius 2 is 2.09 bits per heavy atom. The molecule has 5 N–H and O–H groups in total. The molecule has 1 amide bonds. The second-order valence-corrected chi connectivity index (χ2v) is 8.29. The first-order valence-corrected chi connectivity index (χ1v) is 10.9. The van der Waals surface area contributed by atoms with Crippen LogP contribution in [0.3, 0.4) is 0 Å². The van der Waals surface area contributed by atoms with Crippen LogP contribution in [0.5, 0.6) is 5.75 Å². The van der Waals surface area contributed by atoms with Crippen LogP contribution in [0.2, 0.25) is 0 Å². The van der Waals surface area contributed by atoms with E-state index in [0.717, 1.165) is 25.1 Å². The highest BCUT2D eigenvalue weighted by Crippen LogP contribution is 2.33. The SMILES string of the molecule is C=C(NC(=Nc1ccc2c(n1)NC(=O)C(C)(C)O2)/C(F)=C\N)Nc1ccc(N2CCOCC2)nc1. The van der Waals surface area contributed by atoms with Crippen LogP contribution in [0.15, 0.2) is 59.9 Å². The summed E-state index contributed by atoms with van der Waals surface area (Å²) in [6.45, 7) is 10.1. The van der Waals surface area contributed by atoms with Crippen LogP contribution in [0.4, 0.5) is 27.5 Å². The number of hydrogen-bond acceptors (Lipinski definition) is 9.